The van der Waals surface area contributed by atoms with Gasteiger partial charge in [-0.05, 0) is 29.7 Å². The predicted octanol–water partition coefficient (Wildman–Crippen LogP) is 2.53. The lowest BCUT2D eigenvalue weighted by Crippen LogP contribution is -2.08. The molecule has 0 spiro atoms. The zero-order valence-electron chi connectivity index (χ0n) is 11.8. The number of fused-ring (bicyclic) bond motifs is 3. The molecule has 0 unspecified atom stereocenters. The summed E-state index contributed by atoms with van der Waals surface area (Å²) in [6.45, 7) is 0. The normalized spacial score (nSPS) is 11.1. The standard InChI is InChI=1S/C17H11NO5/c19-15(7-8-16(20)21)18-10-5-6-14-13(9-10)11-3-1-2-4-12(11)17(22)23-14/h1-9H,(H,18,19)(H,20,21)/b8-7-. The molecule has 23 heavy (non-hydrogen) atoms. The smallest absolute Gasteiger partial charge is 0.344 e. The summed E-state index contributed by atoms with van der Waals surface area (Å²) in [4.78, 5) is 33.9. The number of aliphatic carboxylic acids is 1. The zero-order chi connectivity index (χ0) is 16.4. The maximum Gasteiger partial charge on any atom is 0.344 e. The molecule has 3 aromatic rings. The molecule has 0 atom stereocenters. The highest BCUT2D eigenvalue weighted by atomic mass is 16.4. The van der Waals surface area contributed by atoms with Crippen LogP contribution in [0.1, 0.15) is 0 Å². The van der Waals surface area contributed by atoms with E-state index in [0.717, 1.165) is 17.5 Å². The van der Waals surface area contributed by atoms with Gasteiger partial charge in [0.2, 0.25) is 5.91 Å². The third-order valence-electron chi connectivity index (χ3n) is 3.26. The Kier molecular flexibility index (Phi) is 3.64. The van der Waals surface area contributed by atoms with Crippen LogP contribution in [0.5, 0.6) is 0 Å². The second-order valence-electron chi connectivity index (χ2n) is 4.81. The van der Waals surface area contributed by atoms with Gasteiger partial charge in [0.1, 0.15) is 5.58 Å². The molecular formula is C17H11NO5. The highest BCUT2D eigenvalue weighted by Crippen LogP contribution is 2.25. The highest BCUT2D eigenvalue weighted by Gasteiger charge is 2.08. The Balaban J connectivity index is 2.06. The minimum absolute atomic E-state index is 0.410. The number of carbonyl (C=O) groups excluding carboxylic acids is 1. The van der Waals surface area contributed by atoms with Gasteiger partial charge in [0, 0.05) is 23.2 Å². The van der Waals surface area contributed by atoms with E-state index in [4.69, 9.17) is 9.52 Å². The van der Waals surface area contributed by atoms with Gasteiger partial charge >= 0.3 is 11.6 Å². The first-order valence-electron chi connectivity index (χ1n) is 6.72. The number of rotatable bonds is 3. The van der Waals surface area contributed by atoms with E-state index in [9.17, 15) is 14.4 Å². The summed E-state index contributed by atoms with van der Waals surface area (Å²) in [5, 5.41) is 12.9. The SMILES string of the molecule is O=C(O)/C=C\C(=O)Nc1ccc2oc(=O)c3ccccc3c2c1. The van der Waals surface area contributed by atoms with Crippen molar-refractivity contribution in [3.63, 3.8) is 0 Å². The van der Waals surface area contributed by atoms with Gasteiger partial charge in [-0.3, -0.25) is 4.79 Å². The molecule has 1 aromatic heterocycles. The van der Waals surface area contributed by atoms with Crippen molar-refractivity contribution in [2.24, 2.45) is 0 Å². The van der Waals surface area contributed by atoms with Crippen LogP contribution in [-0.4, -0.2) is 17.0 Å². The zero-order valence-corrected chi connectivity index (χ0v) is 11.8. The summed E-state index contributed by atoms with van der Waals surface area (Å²) in [6, 6.07) is 11.8. The molecule has 0 aliphatic rings. The lowest BCUT2D eigenvalue weighted by atomic mass is 10.1. The molecule has 1 heterocycles. The lowest BCUT2D eigenvalue weighted by Gasteiger charge is -2.06. The number of anilines is 1. The second-order valence-corrected chi connectivity index (χ2v) is 4.81. The van der Waals surface area contributed by atoms with Gasteiger partial charge < -0.3 is 14.8 Å². The average molecular weight is 309 g/mol. The molecule has 6 heteroatoms. The molecule has 0 bridgehead atoms. The van der Waals surface area contributed by atoms with Crippen molar-refractivity contribution in [3.05, 3.63) is 65.0 Å². The van der Waals surface area contributed by atoms with Crippen molar-refractivity contribution >= 4 is 39.3 Å². The Morgan fingerprint density at radius 2 is 1.74 bits per heavy atom. The molecule has 1 amide bonds. The first-order valence-corrected chi connectivity index (χ1v) is 6.72. The third kappa shape index (κ3) is 2.96. The van der Waals surface area contributed by atoms with Gasteiger partial charge in [0.05, 0.1) is 5.39 Å². The second kappa shape index (κ2) is 5.76. The van der Waals surface area contributed by atoms with Crippen molar-refractivity contribution in [2.75, 3.05) is 5.32 Å². The molecule has 0 aliphatic carbocycles. The summed E-state index contributed by atoms with van der Waals surface area (Å²) >= 11 is 0. The van der Waals surface area contributed by atoms with Crippen molar-refractivity contribution in [2.45, 2.75) is 0 Å². The number of hydrogen-bond acceptors (Lipinski definition) is 4. The van der Waals surface area contributed by atoms with Crippen LogP contribution in [0.3, 0.4) is 0 Å². The van der Waals surface area contributed by atoms with Crippen LogP contribution in [0.4, 0.5) is 5.69 Å². The minimum atomic E-state index is -1.20. The quantitative estimate of drug-likeness (QED) is 0.440. The van der Waals surface area contributed by atoms with Gasteiger partial charge in [-0.25, -0.2) is 9.59 Å². The fourth-order valence-electron chi connectivity index (χ4n) is 2.29. The Morgan fingerprint density at radius 3 is 2.48 bits per heavy atom. The molecule has 0 saturated carbocycles. The molecular weight excluding hydrogens is 298 g/mol. The molecule has 2 aromatic carbocycles. The predicted molar refractivity (Wildman–Crippen MR) is 85.4 cm³/mol. The van der Waals surface area contributed by atoms with Crippen molar-refractivity contribution in [1.29, 1.82) is 0 Å². The van der Waals surface area contributed by atoms with E-state index in [1.807, 2.05) is 6.07 Å². The molecule has 2 N–H and O–H groups in total. The number of carboxylic acid groups (broad SMARTS) is 1. The first kappa shape index (κ1) is 14.5. The van der Waals surface area contributed by atoms with Crippen molar-refractivity contribution in [1.82, 2.24) is 0 Å². The van der Waals surface area contributed by atoms with Crippen molar-refractivity contribution in [3.8, 4) is 0 Å². The van der Waals surface area contributed by atoms with Crippen LogP contribution < -0.4 is 10.9 Å². The molecule has 3 rings (SSSR count). The van der Waals surface area contributed by atoms with E-state index in [-0.39, 0.29) is 0 Å². The number of nitrogens with one attached hydrogen (secondary N) is 1. The maximum absolute atomic E-state index is 11.9. The molecule has 0 fully saturated rings. The molecule has 0 aliphatic heterocycles. The number of carbonyl (C=O) groups is 2. The van der Waals surface area contributed by atoms with Crippen LogP contribution in [0.25, 0.3) is 21.7 Å². The van der Waals surface area contributed by atoms with Gasteiger partial charge in [0.15, 0.2) is 0 Å². The summed E-state index contributed by atoms with van der Waals surface area (Å²) in [7, 11) is 0. The van der Waals surface area contributed by atoms with Crippen LogP contribution in [-0.2, 0) is 9.59 Å². The van der Waals surface area contributed by atoms with Gasteiger partial charge in [0.25, 0.3) is 0 Å². The highest BCUT2D eigenvalue weighted by molar-refractivity contribution is 6.07. The molecule has 0 radical (unpaired) electrons. The van der Waals surface area contributed by atoms with E-state index >= 15 is 0 Å². The number of hydrogen-bond donors (Lipinski definition) is 2. The maximum atomic E-state index is 11.9. The Bertz CT molecular complexity index is 1020. The van der Waals surface area contributed by atoms with Gasteiger partial charge in [-0.15, -0.1) is 0 Å². The summed E-state index contributed by atoms with van der Waals surface area (Å²) in [5.41, 5.74) is 0.457. The van der Waals surface area contributed by atoms with Crippen LogP contribution in [0.15, 0.2) is 63.8 Å². The number of amides is 1. The van der Waals surface area contributed by atoms with E-state index in [2.05, 4.69) is 5.32 Å². The fraction of sp³-hybridized carbons (Fsp3) is 0. The van der Waals surface area contributed by atoms with E-state index in [0.29, 0.717) is 22.0 Å². The topological polar surface area (TPSA) is 96.6 Å². The summed E-state index contributed by atoms with van der Waals surface area (Å²) in [5.74, 6) is -1.76. The van der Waals surface area contributed by atoms with E-state index in [1.54, 1.807) is 36.4 Å². The monoisotopic (exact) mass is 309 g/mol. The summed E-state index contributed by atoms with van der Waals surface area (Å²) in [6.07, 6.45) is 1.68. The minimum Gasteiger partial charge on any atom is -0.478 e. The van der Waals surface area contributed by atoms with Gasteiger partial charge in [-0.2, -0.15) is 0 Å². The van der Waals surface area contributed by atoms with Gasteiger partial charge in [-0.1, -0.05) is 18.2 Å². The first-order chi connectivity index (χ1) is 11.0. The van der Waals surface area contributed by atoms with Crippen LogP contribution >= 0.6 is 0 Å². The lowest BCUT2D eigenvalue weighted by molar-refractivity contribution is -0.131. The molecule has 0 saturated heterocycles. The van der Waals surface area contributed by atoms with Crippen LogP contribution in [0.2, 0.25) is 0 Å². The van der Waals surface area contributed by atoms with E-state index in [1.165, 1.54) is 0 Å². The number of benzene rings is 2. The van der Waals surface area contributed by atoms with Crippen LogP contribution in [0, 0.1) is 0 Å². The molecule has 6 nitrogen and oxygen atoms in total. The third-order valence-corrected chi connectivity index (χ3v) is 3.26. The Morgan fingerprint density at radius 1 is 1.00 bits per heavy atom. The Hall–Kier alpha value is -3.41. The van der Waals surface area contributed by atoms with Crippen molar-refractivity contribution < 1.29 is 19.1 Å². The Labute approximate surface area is 129 Å². The van der Waals surface area contributed by atoms with E-state index < -0.39 is 17.5 Å². The average Bonchev–Trinajstić information content (AvgIpc) is 2.54. The number of carboxylic acids is 1. The fourth-order valence-corrected chi connectivity index (χ4v) is 2.29. The largest absolute Gasteiger partial charge is 0.478 e. The summed E-state index contributed by atoms with van der Waals surface area (Å²) < 4.78 is 5.25. The molecule has 114 valence electrons.